The molecule has 4 heterocycles. The first-order valence-corrected chi connectivity index (χ1v) is 12.2. The van der Waals surface area contributed by atoms with Crippen molar-refractivity contribution in [3.05, 3.63) is 73.5 Å². The Hall–Kier alpha value is -2.88. The minimum Gasteiger partial charge on any atom is -0.376 e. The number of aromatic nitrogens is 5. The monoisotopic (exact) mass is 464 g/mol. The second-order valence-electron chi connectivity index (χ2n) is 8.81. The van der Waals surface area contributed by atoms with Crippen molar-refractivity contribution in [1.82, 2.24) is 30.1 Å². The zero-order valence-electron chi connectivity index (χ0n) is 19.0. The average molecular weight is 465 g/mol. The molecule has 33 heavy (non-hydrogen) atoms. The average Bonchev–Trinajstić information content (AvgIpc) is 3.54. The van der Waals surface area contributed by atoms with Crippen molar-refractivity contribution in [3.8, 4) is 0 Å². The molecule has 1 N–H and O–H groups in total. The Morgan fingerprint density at radius 3 is 2.94 bits per heavy atom. The number of aryl methyl sites for hydroxylation is 2. The highest BCUT2D eigenvalue weighted by atomic mass is 32.1. The van der Waals surface area contributed by atoms with E-state index in [9.17, 15) is 4.79 Å². The maximum Gasteiger partial charge on any atom is 0.252 e. The predicted molar refractivity (Wildman–Crippen MR) is 128 cm³/mol. The summed E-state index contributed by atoms with van der Waals surface area (Å²) in [6, 6.07) is 10.4. The predicted octanol–water partition coefficient (Wildman–Crippen LogP) is 3.57. The van der Waals surface area contributed by atoms with Gasteiger partial charge < -0.3 is 9.72 Å². The van der Waals surface area contributed by atoms with Crippen LogP contribution in [0, 0.1) is 13.8 Å². The van der Waals surface area contributed by atoms with E-state index in [0.29, 0.717) is 19.6 Å². The summed E-state index contributed by atoms with van der Waals surface area (Å²) in [6.45, 7) is 7.33. The van der Waals surface area contributed by atoms with Crippen molar-refractivity contribution in [1.29, 1.82) is 0 Å². The Labute approximate surface area is 196 Å². The smallest absolute Gasteiger partial charge is 0.252 e. The molecule has 0 unspecified atom stereocenters. The van der Waals surface area contributed by atoms with Gasteiger partial charge >= 0.3 is 0 Å². The fourth-order valence-electron chi connectivity index (χ4n) is 4.54. The van der Waals surface area contributed by atoms with Gasteiger partial charge in [0.25, 0.3) is 5.56 Å². The summed E-state index contributed by atoms with van der Waals surface area (Å²) >= 11 is 1.71. The van der Waals surface area contributed by atoms with E-state index < -0.39 is 0 Å². The lowest BCUT2D eigenvalue weighted by Crippen LogP contribution is -2.28. The van der Waals surface area contributed by atoms with Crippen LogP contribution in [0.1, 0.15) is 40.2 Å². The molecule has 1 fully saturated rings. The van der Waals surface area contributed by atoms with Crippen molar-refractivity contribution >= 4 is 22.2 Å². The fraction of sp³-hybridized carbons (Fsp3) is 0.417. The fourth-order valence-corrected chi connectivity index (χ4v) is 5.29. The number of H-pyrrole nitrogens is 1. The standard InChI is InChI=1S/C24H28N6O2S/c1-16-9-17(2)23-18(10-16)11-19(24(31)25-23)12-29(14-21-6-4-8-33-21)15-22-26-27-28-30(22)13-20-5-3-7-32-20/h4,6,8-11,20H,3,5,7,12-15H2,1-2H3,(H,25,31)/t20-/m1/s1. The summed E-state index contributed by atoms with van der Waals surface area (Å²) in [7, 11) is 0. The van der Waals surface area contributed by atoms with Gasteiger partial charge in [0.2, 0.25) is 0 Å². The Morgan fingerprint density at radius 2 is 2.15 bits per heavy atom. The topological polar surface area (TPSA) is 88.9 Å². The number of fused-ring (bicyclic) bond motifs is 1. The van der Waals surface area contributed by atoms with Crippen LogP contribution in [0.4, 0.5) is 0 Å². The van der Waals surface area contributed by atoms with Crippen LogP contribution in [0.5, 0.6) is 0 Å². The van der Waals surface area contributed by atoms with E-state index in [1.54, 1.807) is 11.3 Å². The molecule has 172 valence electrons. The molecule has 1 aliphatic heterocycles. The van der Waals surface area contributed by atoms with Crippen molar-refractivity contribution in [2.75, 3.05) is 6.61 Å². The zero-order chi connectivity index (χ0) is 22.8. The van der Waals surface area contributed by atoms with Crippen LogP contribution >= 0.6 is 11.3 Å². The molecular weight excluding hydrogens is 436 g/mol. The highest BCUT2D eigenvalue weighted by Crippen LogP contribution is 2.21. The summed E-state index contributed by atoms with van der Waals surface area (Å²) in [4.78, 5) is 19.5. The zero-order valence-corrected chi connectivity index (χ0v) is 19.8. The Balaban J connectivity index is 1.42. The van der Waals surface area contributed by atoms with E-state index in [1.165, 1.54) is 10.4 Å². The van der Waals surface area contributed by atoms with Crippen LogP contribution < -0.4 is 5.56 Å². The quantitative estimate of drug-likeness (QED) is 0.429. The lowest BCUT2D eigenvalue weighted by Gasteiger charge is -2.21. The first-order chi connectivity index (χ1) is 16.0. The summed E-state index contributed by atoms with van der Waals surface area (Å²) in [5.74, 6) is 0.783. The Bertz CT molecular complexity index is 1290. The summed E-state index contributed by atoms with van der Waals surface area (Å²) in [5.41, 5.74) is 3.85. The number of benzene rings is 1. The second-order valence-corrected chi connectivity index (χ2v) is 9.84. The van der Waals surface area contributed by atoms with Crippen LogP contribution in [-0.2, 0) is 30.9 Å². The molecule has 9 heteroatoms. The molecule has 8 nitrogen and oxygen atoms in total. The number of pyridine rings is 1. The van der Waals surface area contributed by atoms with Gasteiger partial charge in [0, 0.05) is 30.1 Å². The number of nitrogens with one attached hydrogen (secondary N) is 1. The molecule has 0 aliphatic carbocycles. The molecular formula is C24H28N6O2S. The molecule has 1 atom stereocenters. The molecule has 3 aromatic heterocycles. The maximum atomic E-state index is 13.0. The van der Waals surface area contributed by atoms with Gasteiger partial charge in [-0.05, 0) is 71.6 Å². The highest BCUT2D eigenvalue weighted by Gasteiger charge is 2.21. The SMILES string of the molecule is Cc1cc(C)c2[nH]c(=O)c(CN(Cc3cccs3)Cc3nnnn3C[C@H]3CCCO3)cc2c1. The third-order valence-corrected chi connectivity index (χ3v) is 6.96. The van der Waals surface area contributed by atoms with Crippen molar-refractivity contribution in [2.45, 2.75) is 59.0 Å². The van der Waals surface area contributed by atoms with Crippen LogP contribution in [0.25, 0.3) is 10.9 Å². The molecule has 1 aliphatic rings. The molecule has 0 spiro atoms. The van der Waals surface area contributed by atoms with Gasteiger partial charge in [-0.2, -0.15) is 0 Å². The molecule has 0 amide bonds. The normalized spacial score (nSPS) is 16.3. The van der Waals surface area contributed by atoms with Crippen molar-refractivity contribution in [2.24, 2.45) is 0 Å². The van der Waals surface area contributed by atoms with Gasteiger partial charge in [0.1, 0.15) is 0 Å². The minimum absolute atomic E-state index is 0.0513. The van der Waals surface area contributed by atoms with Gasteiger partial charge in [-0.25, -0.2) is 4.68 Å². The Kier molecular flexibility index (Phi) is 6.34. The van der Waals surface area contributed by atoms with Crippen LogP contribution in [-0.4, -0.2) is 42.8 Å². The van der Waals surface area contributed by atoms with E-state index in [4.69, 9.17) is 4.74 Å². The van der Waals surface area contributed by atoms with Crippen molar-refractivity contribution in [3.63, 3.8) is 0 Å². The van der Waals surface area contributed by atoms with Crippen LogP contribution in [0.15, 0.2) is 40.5 Å². The summed E-state index contributed by atoms with van der Waals surface area (Å²) in [5, 5.41) is 15.5. The second kappa shape index (κ2) is 9.54. The van der Waals surface area contributed by atoms with E-state index >= 15 is 0 Å². The van der Waals surface area contributed by atoms with Gasteiger partial charge in [0.05, 0.1) is 24.7 Å². The first kappa shape index (κ1) is 21.9. The third kappa shape index (κ3) is 5.05. The minimum atomic E-state index is -0.0513. The number of tetrazole rings is 1. The number of rotatable bonds is 8. The molecule has 1 aromatic carbocycles. The lowest BCUT2D eigenvalue weighted by atomic mass is 10.1. The van der Waals surface area contributed by atoms with Gasteiger partial charge in [-0.1, -0.05) is 17.7 Å². The van der Waals surface area contributed by atoms with E-state index in [1.807, 2.05) is 23.7 Å². The summed E-state index contributed by atoms with van der Waals surface area (Å²) < 4.78 is 7.61. The summed E-state index contributed by atoms with van der Waals surface area (Å²) in [6.07, 6.45) is 2.27. The number of aromatic amines is 1. The highest BCUT2D eigenvalue weighted by molar-refractivity contribution is 7.09. The van der Waals surface area contributed by atoms with Gasteiger partial charge in [-0.15, -0.1) is 16.4 Å². The van der Waals surface area contributed by atoms with E-state index in [0.717, 1.165) is 53.8 Å². The number of nitrogens with zero attached hydrogens (tertiary/aromatic N) is 5. The van der Waals surface area contributed by atoms with Crippen molar-refractivity contribution < 1.29 is 4.74 Å². The molecule has 4 aromatic rings. The third-order valence-electron chi connectivity index (χ3n) is 6.10. The van der Waals surface area contributed by atoms with E-state index in [2.05, 4.69) is 55.9 Å². The molecule has 1 saturated heterocycles. The first-order valence-electron chi connectivity index (χ1n) is 11.3. The maximum absolute atomic E-state index is 13.0. The van der Waals surface area contributed by atoms with E-state index in [-0.39, 0.29) is 11.7 Å². The lowest BCUT2D eigenvalue weighted by molar-refractivity contribution is 0.0915. The Morgan fingerprint density at radius 1 is 1.24 bits per heavy atom. The molecule has 0 saturated carbocycles. The number of ether oxygens (including phenoxy) is 1. The number of hydrogen-bond donors (Lipinski definition) is 1. The number of hydrogen-bond acceptors (Lipinski definition) is 7. The molecule has 0 bridgehead atoms. The van der Waals surface area contributed by atoms with Gasteiger partial charge in [-0.3, -0.25) is 9.69 Å². The van der Waals surface area contributed by atoms with Gasteiger partial charge in [0.15, 0.2) is 5.82 Å². The number of thiophene rings is 1. The van der Waals surface area contributed by atoms with Crippen LogP contribution in [0.3, 0.4) is 0 Å². The van der Waals surface area contributed by atoms with Crippen LogP contribution in [0.2, 0.25) is 0 Å². The molecule has 5 rings (SSSR count). The largest absolute Gasteiger partial charge is 0.376 e. The molecule has 0 radical (unpaired) electrons.